The van der Waals surface area contributed by atoms with Crippen molar-refractivity contribution in [2.24, 2.45) is 5.73 Å². The second kappa shape index (κ2) is 8.83. The second-order valence-corrected chi connectivity index (χ2v) is 6.36. The Bertz CT molecular complexity index is 916. The maximum Gasteiger partial charge on any atom is 0.319 e. The number of urea groups is 1. The Balaban J connectivity index is 2.29. The SMILES string of the molecule is Cc1cccc(COc2ccc(Br)cc2/C=C(/C#N)C(=O)NC(N)=O)c1. The van der Waals surface area contributed by atoms with Crippen LogP contribution in [0.2, 0.25) is 0 Å². The third kappa shape index (κ3) is 5.46. The van der Waals surface area contributed by atoms with Gasteiger partial charge < -0.3 is 10.5 Å². The highest BCUT2D eigenvalue weighted by molar-refractivity contribution is 9.10. The van der Waals surface area contributed by atoms with Gasteiger partial charge in [0.15, 0.2) is 0 Å². The molecule has 3 N–H and O–H groups in total. The summed E-state index contributed by atoms with van der Waals surface area (Å²) in [6, 6.07) is 13.8. The number of imide groups is 1. The predicted molar refractivity (Wildman–Crippen MR) is 101 cm³/mol. The van der Waals surface area contributed by atoms with E-state index < -0.39 is 11.9 Å². The van der Waals surface area contributed by atoms with E-state index in [0.717, 1.165) is 15.6 Å². The second-order valence-electron chi connectivity index (χ2n) is 5.45. The summed E-state index contributed by atoms with van der Waals surface area (Å²) in [6.07, 6.45) is 1.34. The summed E-state index contributed by atoms with van der Waals surface area (Å²) in [4.78, 5) is 22.7. The number of halogens is 1. The van der Waals surface area contributed by atoms with E-state index in [9.17, 15) is 14.9 Å². The summed E-state index contributed by atoms with van der Waals surface area (Å²) in [6.45, 7) is 2.33. The number of aryl methyl sites for hydroxylation is 1. The molecule has 7 heteroatoms. The first kappa shape index (κ1) is 19.2. The number of hydrogen-bond acceptors (Lipinski definition) is 4. The van der Waals surface area contributed by atoms with E-state index in [0.29, 0.717) is 17.9 Å². The first-order valence-electron chi connectivity index (χ1n) is 7.59. The molecule has 0 atom stereocenters. The zero-order chi connectivity index (χ0) is 19.1. The average molecular weight is 414 g/mol. The molecule has 2 aromatic carbocycles. The summed E-state index contributed by atoms with van der Waals surface area (Å²) < 4.78 is 6.59. The number of nitrogens with two attached hydrogens (primary N) is 1. The van der Waals surface area contributed by atoms with E-state index in [4.69, 9.17) is 10.5 Å². The standard InChI is InChI=1S/C19H16BrN3O3/c1-12-3-2-4-13(7-12)11-26-17-6-5-16(20)9-14(17)8-15(10-21)18(24)23-19(22)25/h2-9H,11H2,1H3,(H3,22,23,24,25)/b15-8-. The van der Waals surface area contributed by atoms with E-state index in [-0.39, 0.29) is 5.57 Å². The number of amides is 3. The van der Waals surface area contributed by atoms with Gasteiger partial charge in [0.05, 0.1) is 0 Å². The van der Waals surface area contributed by atoms with Gasteiger partial charge in [0.25, 0.3) is 5.91 Å². The molecule has 0 aliphatic rings. The lowest BCUT2D eigenvalue weighted by atomic mass is 10.1. The molecule has 26 heavy (non-hydrogen) atoms. The van der Waals surface area contributed by atoms with Crippen molar-refractivity contribution in [2.45, 2.75) is 13.5 Å². The molecular weight excluding hydrogens is 398 g/mol. The molecule has 0 aliphatic heterocycles. The number of benzene rings is 2. The molecule has 2 rings (SSSR count). The number of nitrogens with zero attached hydrogens (tertiary/aromatic N) is 1. The normalized spacial score (nSPS) is 10.7. The molecule has 0 aromatic heterocycles. The summed E-state index contributed by atoms with van der Waals surface area (Å²) >= 11 is 3.35. The molecule has 0 heterocycles. The van der Waals surface area contributed by atoms with Crippen LogP contribution in [0.1, 0.15) is 16.7 Å². The van der Waals surface area contributed by atoms with E-state index in [1.807, 2.05) is 36.5 Å². The number of nitriles is 1. The van der Waals surface area contributed by atoms with Gasteiger partial charge in [-0.05, 0) is 36.8 Å². The predicted octanol–water partition coefficient (Wildman–Crippen LogP) is 3.44. The minimum atomic E-state index is -1.03. The highest BCUT2D eigenvalue weighted by Gasteiger charge is 2.13. The fraction of sp³-hybridized carbons (Fsp3) is 0.105. The number of rotatable bonds is 5. The van der Waals surface area contributed by atoms with Crippen LogP contribution in [0, 0.1) is 18.3 Å². The fourth-order valence-electron chi connectivity index (χ4n) is 2.21. The summed E-state index contributed by atoms with van der Waals surface area (Å²) in [5.41, 5.74) is 7.29. The molecule has 0 unspecified atom stereocenters. The minimum absolute atomic E-state index is 0.262. The average Bonchev–Trinajstić information content (AvgIpc) is 2.58. The Labute approximate surface area is 159 Å². The van der Waals surface area contributed by atoms with Crippen LogP contribution >= 0.6 is 15.9 Å². The van der Waals surface area contributed by atoms with E-state index in [1.165, 1.54) is 6.08 Å². The van der Waals surface area contributed by atoms with Gasteiger partial charge in [0.1, 0.15) is 24.0 Å². The van der Waals surface area contributed by atoms with Gasteiger partial charge in [0.2, 0.25) is 0 Å². The van der Waals surface area contributed by atoms with Gasteiger partial charge in [-0.15, -0.1) is 0 Å². The molecule has 6 nitrogen and oxygen atoms in total. The summed E-state index contributed by atoms with van der Waals surface area (Å²) in [5, 5.41) is 11.1. The van der Waals surface area contributed by atoms with Gasteiger partial charge in [-0.3, -0.25) is 10.1 Å². The topological polar surface area (TPSA) is 105 Å². The van der Waals surface area contributed by atoms with Gasteiger partial charge in [-0.25, -0.2) is 4.79 Å². The van der Waals surface area contributed by atoms with Crippen molar-refractivity contribution in [3.05, 3.63) is 69.2 Å². The minimum Gasteiger partial charge on any atom is -0.488 e. The Kier molecular flexibility index (Phi) is 6.53. The molecule has 0 bridgehead atoms. The molecule has 0 saturated heterocycles. The number of nitrogens with one attached hydrogen (secondary N) is 1. The number of hydrogen-bond donors (Lipinski definition) is 2. The molecule has 0 spiro atoms. The molecule has 2 aromatic rings. The van der Waals surface area contributed by atoms with Gasteiger partial charge in [-0.1, -0.05) is 45.8 Å². The third-order valence-electron chi connectivity index (χ3n) is 3.35. The fourth-order valence-corrected chi connectivity index (χ4v) is 2.59. The number of primary amides is 1. The quantitative estimate of drug-likeness (QED) is 0.578. The summed E-state index contributed by atoms with van der Waals surface area (Å²) in [5.74, 6) is -0.376. The largest absolute Gasteiger partial charge is 0.488 e. The third-order valence-corrected chi connectivity index (χ3v) is 3.84. The van der Waals surface area contributed by atoms with Crippen LogP contribution in [0.5, 0.6) is 5.75 Å². The first-order valence-corrected chi connectivity index (χ1v) is 8.39. The maximum atomic E-state index is 11.8. The van der Waals surface area contributed by atoms with Crippen LogP contribution in [-0.2, 0) is 11.4 Å². The van der Waals surface area contributed by atoms with E-state index >= 15 is 0 Å². The molecule has 3 amide bonds. The van der Waals surface area contributed by atoms with Crippen LogP contribution in [0.25, 0.3) is 6.08 Å². The lowest BCUT2D eigenvalue weighted by Crippen LogP contribution is -2.35. The van der Waals surface area contributed by atoms with Crippen LogP contribution in [0.15, 0.2) is 52.5 Å². The highest BCUT2D eigenvalue weighted by atomic mass is 79.9. The maximum absolute atomic E-state index is 11.8. The number of ether oxygens (including phenoxy) is 1. The van der Waals surface area contributed by atoms with Crippen LogP contribution < -0.4 is 15.8 Å². The smallest absolute Gasteiger partial charge is 0.319 e. The van der Waals surface area contributed by atoms with Crippen LogP contribution in [0.3, 0.4) is 0 Å². The first-order chi connectivity index (χ1) is 12.4. The van der Waals surface area contributed by atoms with Crippen molar-refractivity contribution in [1.82, 2.24) is 5.32 Å². The number of carbonyl (C=O) groups excluding carboxylic acids is 2. The van der Waals surface area contributed by atoms with Crippen molar-refractivity contribution >= 4 is 33.9 Å². The van der Waals surface area contributed by atoms with Crippen molar-refractivity contribution < 1.29 is 14.3 Å². The van der Waals surface area contributed by atoms with Crippen molar-refractivity contribution in [2.75, 3.05) is 0 Å². The lowest BCUT2D eigenvalue weighted by molar-refractivity contribution is -0.115. The van der Waals surface area contributed by atoms with E-state index in [2.05, 4.69) is 15.9 Å². The molecule has 0 radical (unpaired) electrons. The van der Waals surface area contributed by atoms with Gasteiger partial charge >= 0.3 is 6.03 Å². The molecule has 0 aliphatic carbocycles. The lowest BCUT2D eigenvalue weighted by Gasteiger charge is -2.11. The molecule has 0 fully saturated rings. The van der Waals surface area contributed by atoms with Gasteiger partial charge in [0, 0.05) is 10.0 Å². The number of carbonyl (C=O) groups is 2. The zero-order valence-electron chi connectivity index (χ0n) is 14.0. The van der Waals surface area contributed by atoms with Crippen molar-refractivity contribution in [3.63, 3.8) is 0 Å². The van der Waals surface area contributed by atoms with Crippen LogP contribution in [-0.4, -0.2) is 11.9 Å². The van der Waals surface area contributed by atoms with Crippen molar-refractivity contribution in [1.29, 1.82) is 5.26 Å². The highest BCUT2D eigenvalue weighted by Crippen LogP contribution is 2.26. The molecular formula is C19H16BrN3O3. The summed E-state index contributed by atoms with van der Waals surface area (Å²) in [7, 11) is 0. The monoisotopic (exact) mass is 413 g/mol. The molecule has 0 saturated carbocycles. The van der Waals surface area contributed by atoms with Crippen LogP contribution in [0.4, 0.5) is 4.79 Å². The van der Waals surface area contributed by atoms with Gasteiger partial charge in [-0.2, -0.15) is 5.26 Å². The Morgan fingerprint density at radius 3 is 2.73 bits per heavy atom. The Morgan fingerprint density at radius 1 is 1.31 bits per heavy atom. The van der Waals surface area contributed by atoms with E-state index in [1.54, 1.807) is 24.3 Å². The Morgan fingerprint density at radius 2 is 2.08 bits per heavy atom. The zero-order valence-corrected chi connectivity index (χ0v) is 15.5. The van der Waals surface area contributed by atoms with Crippen molar-refractivity contribution in [3.8, 4) is 11.8 Å². The Hall–Kier alpha value is -3.11. The molecule has 132 valence electrons.